The smallest absolute Gasteiger partial charge is 0.408 e. The third-order valence-corrected chi connectivity index (χ3v) is 5.38. The van der Waals surface area contributed by atoms with E-state index in [-0.39, 0.29) is 25.2 Å². The first-order chi connectivity index (χ1) is 16.8. The maximum Gasteiger partial charge on any atom is 0.408 e. The van der Waals surface area contributed by atoms with Gasteiger partial charge in [-0.2, -0.15) is 0 Å². The van der Waals surface area contributed by atoms with Crippen molar-refractivity contribution in [3.63, 3.8) is 0 Å². The highest BCUT2D eigenvalue weighted by Gasteiger charge is 2.28. The van der Waals surface area contributed by atoms with Crippen molar-refractivity contribution in [1.29, 1.82) is 0 Å². The zero-order chi connectivity index (χ0) is 25.2. The molecule has 0 saturated carbocycles. The predicted octanol–water partition coefficient (Wildman–Crippen LogP) is 3.35. The molecule has 0 fully saturated rings. The number of aliphatic carboxylic acids is 1. The second kappa shape index (κ2) is 12.2. The molecule has 8 heteroatoms. The van der Waals surface area contributed by atoms with E-state index in [2.05, 4.69) is 10.6 Å². The summed E-state index contributed by atoms with van der Waals surface area (Å²) in [7, 11) is 0. The Hall–Kier alpha value is -4.33. The molecule has 0 heterocycles. The van der Waals surface area contributed by atoms with Gasteiger partial charge in [-0.1, -0.05) is 78.4 Å². The first-order valence-electron chi connectivity index (χ1n) is 11.1. The lowest BCUT2D eigenvalue weighted by Gasteiger charge is -2.22. The predicted molar refractivity (Wildman–Crippen MR) is 130 cm³/mol. The van der Waals surface area contributed by atoms with Crippen molar-refractivity contribution in [2.45, 2.75) is 38.5 Å². The Balaban J connectivity index is 1.71. The molecule has 0 radical (unpaired) electrons. The molecule has 4 N–H and O–H groups in total. The molecule has 3 aromatic rings. The van der Waals surface area contributed by atoms with Gasteiger partial charge in [0.1, 0.15) is 24.4 Å². The van der Waals surface area contributed by atoms with Gasteiger partial charge in [0.25, 0.3) is 0 Å². The fourth-order valence-electron chi connectivity index (χ4n) is 3.54. The zero-order valence-corrected chi connectivity index (χ0v) is 19.3. The fourth-order valence-corrected chi connectivity index (χ4v) is 3.54. The third kappa shape index (κ3) is 7.89. The Morgan fingerprint density at radius 1 is 0.829 bits per heavy atom. The number of amides is 2. The number of ether oxygens (including phenoxy) is 1. The molecule has 35 heavy (non-hydrogen) atoms. The average molecular weight is 477 g/mol. The number of carboxylic acid groups (broad SMARTS) is 1. The molecule has 0 aromatic heterocycles. The zero-order valence-electron chi connectivity index (χ0n) is 19.3. The summed E-state index contributed by atoms with van der Waals surface area (Å²) >= 11 is 0. The molecule has 2 atom stereocenters. The van der Waals surface area contributed by atoms with Crippen LogP contribution in [0.15, 0.2) is 78.9 Å². The van der Waals surface area contributed by atoms with Crippen LogP contribution < -0.4 is 10.6 Å². The van der Waals surface area contributed by atoms with Crippen LogP contribution in [0.25, 0.3) is 0 Å². The van der Waals surface area contributed by atoms with Gasteiger partial charge in [-0.25, -0.2) is 9.59 Å². The number of alkyl carbamates (subject to hydrolysis) is 1. The Morgan fingerprint density at radius 2 is 1.46 bits per heavy atom. The summed E-state index contributed by atoms with van der Waals surface area (Å²) in [6.07, 6.45) is -0.784. The molecule has 8 nitrogen and oxygen atoms in total. The summed E-state index contributed by atoms with van der Waals surface area (Å²) in [5.41, 5.74) is 2.81. The van der Waals surface area contributed by atoms with Crippen LogP contribution in [0.4, 0.5) is 4.79 Å². The lowest BCUT2D eigenvalue weighted by Crippen LogP contribution is -2.53. The van der Waals surface area contributed by atoms with E-state index in [1.807, 2.05) is 31.2 Å². The van der Waals surface area contributed by atoms with Crippen LogP contribution >= 0.6 is 0 Å². The Bertz CT molecular complexity index is 1150. The van der Waals surface area contributed by atoms with E-state index in [4.69, 9.17) is 4.74 Å². The topological polar surface area (TPSA) is 125 Å². The fraction of sp³-hybridized carbons (Fsp3) is 0.222. The molecular formula is C27H28N2O6. The van der Waals surface area contributed by atoms with Crippen molar-refractivity contribution in [3.8, 4) is 5.75 Å². The van der Waals surface area contributed by atoms with Crippen molar-refractivity contribution in [3.05, 3.63) is 101 Å². The number of hydrogen-bond acceptors (Lipinski definition) is 5. The van der Waals surface area contributed by atoms with E-state index >= 15 is 0 Å². The minimum atomic E-state index is -1.31. The normalized spacial score (nSPS) is 12.3. The van der Waals surface area contributed by atoms with Gasteiger partial charge in [0.15, 0.2) is 0 Å². The molecule has 0 aliphatic rings. The van der Waals surface area contributed by atoms with E-state index in [0.29, 0.717) is 5.56 Å². The second-order valence-electron chi connectivity index (χ2n) is 8.18. The molecule has 3 rings (SSSR count). The lowest BCUT2D eigenvalue weighted by atomic mass is 10.0. The number of phenols is 1. The summed E-state index contributed by atoms with van der Waals surface area (Å²) in [4.78, 5) is 37.4. The highest BCUT2D eigenvalue weighted by molar-refractivity contribution is 5.89. The number of rotatable bonds is 10. The molecule has 0 spiro atoms. The maximum atomic E-state index is 13.1. The van der Waals surface area contributed by atoms with Crippen molar-refractivity contribution in [1.82, 2.24) is 10.6 Å². The number of aryl methyl sites for hydroxylation is 1. The van der Waals surface area contributed by atoms with E-state index in [9.17, 15) is 24.6 Å². The molecule has 0 aliphatic heterocycles. The van der Waals surface area contributed by atoms with Crippen molar-refractivity contribution in [2.75, 3.05) is 0 Å². The lowest BCUT2D eigenvalue weighted by molar-refractivity contribution is -0.142. The molecule has 3 aromatic carbocycles. The Morgan fingerprint density at radius 3 is 2.09 bits per heavy atom. The molecule has 0 aliphatic carbocycles. The van der Waals surface area contributed by atoms with Crippen molar-refractivity contribution in [2.24, 2.45) is 0 Å². The molecule has 0 saturated heterocycles. The molecule has 0 unspecified atom stereocenters. The van der Waals surface area contributed by atoms with Gasteiger partial charge in [-0.15, -0.1) is 0 Å². The van der Waals surface area contributed by atoms with Crippen LogP contribution in [0.5, 0.6) is 5.75 Å². The number of carboxylic acids is 1. The monoisotopic (exact) mass is 476 g/mol. The van der Waals surface area contributed by atoms with Gasteiger partial charge in [-0.05, 0) is 29.7 Å². The number of phenolic OH excluding ortho intramolecular Hbond substituents is 1. The average Bonchev–Trinajstić information content (AvgIpc) is 2.85. The Labute approximate surface area is 203 Å². The molecular weight excluding hydrogens is 448 g/mol. The summed E-state index contributed by atoms with van der Waals surface area (Å²) < 4.78 is 5.24. The third-order valence-electron chi connectivity index (χ3n) is 5.38. The van der Waals surface area contributed by atoms with E-state index in [1.54, 1.807) is 48.5 Å². The van der Waals surface area contributed by atoms with Crippen LogP contribution in [0.3, 0.4) is 0 Å². The van der Waals surface area contributed by atoms with Gasteiger partial charge < -0.3 is 25.6 Å². The van der Waals surface area contributed by atoms with Gasteiger partial charge >= 0.3 is 12.1 Å². The number of nitrogens with one attached hydrogen (secondary N) is 2. The SMILES string of the molecule is Cc1ccc(O)c(C[C@H](NC(=O)[C@H](Cc2ccccc2)NC(=O)OCc2ccccc2)C(=O)O)c1. The van der Waals surface area contributed by atoms with E-state index in [0.717, 1.165) is 16.7 Å². The van der Waals surface area contributed by atoms with Crippen LogP contribution in [-0.2, 0) is 33.8 Å². The minimum absolute atomic E-state index is 0.0245. The minimum Gasteiger partial charge on any atom is -0.508 e. The highest BCUT2D eigenvalue weighted by Crippen LogP contribution is 2.20. The molecule has 2 amide bonds. The van der Waals surface area contributed by atoms with Gasteiger partial charge in [-0.3, -0.25) is 4.79 Å². The maximum absolute atomic E-state index is 13.1. The largest absolute Gasteiger partial charge is 0.508 e. The molecule has 0 bridgehead atoms. The van der Waals surface area contributed by atoms with Crippen molar-refractivity contribution >= 4 is 18.0 Å². The van der Waals surface area contributed by atoms with E-state index < -0.39 is 30.1 Å². The highest BCUT2D eigenvalue weighted by atomic mass is 16.5. The number of carbonyl (C=O) groups is 3. The van der Waals surface area contributed by atoms with E-state index in [1.165, 1.54) is 6.07 Å². The van der Waals surface area contributed by atoms with Crippen LogP contribution in [0.1, 0.15) is 22.3 Å². The summed E-state index contributed by atoms with van der Waals surface area (Å²) in [6.45, 7) is 1.84. The van der Waals surface area contributed by atoms with Crippen LogP contribution in [0, 0.1) is 6.92 Å². The number of aromatic hydroxyl groups is 1. The summed E-state index contributed by atoms with van der Waals surface area (Å²) in [5.74, 6) is -1.99. The second-order valence-corrected chi connectivity index (χ2v) is 8.18. The Kier molecular flexibility index (Phi) is 8.83. The first-order valence-corrected chi connectivity index (χ1v) is 11.1. The number of hydrogen-bond donors (Lipinski definition) is 4. The van der Waals surface area contributed by atoms with Gasteiger partial charge in [0.05, 0.1) is 0 Å². The standard InChI is InChI=1S/C27H28N2O6/c1-18-12-13-24(30)21(14-18)16-23(26(32)33)28-25(31)22(15-19-8-4-2-5-9-19)29-27(34)35-17-20-10-6-3-7-11-20/h2-14,22-23,30H,15-17H2,1H3,(H,28,31)(H,29,34)(H,32,33)/t22-,23-/m0/s1. The summed E-state index contributed by atoms with van der Waals surface area (Å²) in [6, 6.07) is 20.6. The van der Waals surface area contributed by atoms with Crippen LogP contribution in [0.2, 0.25) is 0 Å². The quantitative estimate of drug-likeness (QED) is 0.356. The van der Waals surface area contributed by atoms with Gasteiger partial charge in [0.2, 0.25) is 5.91 Å². The number of benzene rings is 3. The van der Waals surface area contributed by atoms with Crippen molar-refractivity contribution < 1.29 is 29.3 Å². The molecule has 182 valence electrons. The van der Waals surface area contributed by atoms with Crippen LogP contribution in [-0.4, -0.2) is 40.3 Å². The first kappa shape index (κ1) is 25.3. The number of carbonyl (C=O) groups excluding carboxylic acids is 2. The van der Waals surface area contributed by atoms with Gasteiger partial charge in [0, 0.05) is 12.8 Å². The summed E-state index contributed by atoms with van der Waals surface area (Å²) in [5, 5.41) is 24.8.